The second-order valence-corrected chi connectivity index (χ2v) is 10.7. The third-order valence-electron chi connectivity index (χ3n) is 8.38. The standard InChI is InChI=1S/C33H35NO6/c1-34-32(38)26-17-23(19-40-2)30(27(18-35)31(26)33(34)39)29(37)15-12-21(20-8-4-3-5-9-20)16-22-13-14-28(36)25-11-7-6-10-24(22)25/h3-11,13-14,16,26-27,29,31,35-37H,12,15,17-19H2,1-2H3/b21-16-/t26-,27+,29-,31-/m1/s1. The van der Waals surface area contributed by atoms with Gasteiger partial charge in [-0.3, -0.25) is 14.5 Å². The molecule has 208 valence electrons. The Balaban J connectivity index is 1.49. The van der Waals surface area contributed by atoms with Gasteiger partial charge in [0.1, 0.15) is 5.75 Å². The maximum atomic E-state index is 13.0. The van der Waals surface area contributed by atoms with Crippen LogP contribution in [0.4, 0.5) is 0 Å². The van der Waals surface area contributed by atoms with Gasteiger partial charge in [-0.15, -0.1) is 0 Å². The van der Waals surface area contributed by atoms with Crippen LogP contribution in [0, 0.1) is 17.8 Å². The third kappa shape index (κ3) is 5.08. The number of ether oxygens (including phenoxy) is 1. The Bertz CT molecular complexity index is 1480. The monoisotopic (exact) mass is 541 g/mol. The molecule has 0 saturated carbocycles. The molecule has 1 saturated heterocycles. The van der Waals surface area contributed by atoms with Crippen molar-refractivity contribution in [3.05, 3.63) is 89.0 Å². The quantitative estimate of drug-likeness (QED) is 0.210. The Labute approximate surface area is 234 Å². The molecule has 3 N–H and O–H groups in total. The second-order valence-electron chi connectivity index (χ2n) is 10.7. The fourth-order valence-electron chi connectivity index (χ4n) is 6.44. The molecule has 4 atom stereocenters. The zero-order chi connectivity index (χ0) is 28.4. The molecule has 7 nitrogen and oxygen atoms in total. The Morgan fingerprint density at radius 2 is 1.73 bits per heavy atom. The summed E-state index contributed by atoms with van der Waals surface area (Å²) in [6.07, 6.45) is 2.36. The maximum Gasteiger partial charge on any atom is 0.233 e. The predicted molar refractivity (Wildman–Crippen MR) is 154 cm³/mol. The highest BCUT2D eigenvalue weighted by molar-refractivity contribution is 6.05. The smallest absolute Gasteiger partial charge is 0.233 e. The highest BCUT2D eigenvalue weighted by atomic mass is 16.5. The summed E-state index contributed by atoms with van der Waals surface area (Å²) in [5.74, 6) is -2.20. The molecule has 0 spiro atoms. The summed E-state index contributed by atoms with van der Waals surface area (Å²) >= 11 is 0. The van der Waals surface area contributed by atoms with Gasteiger partial charge in [-0.05, 0) is 58.6 Å². The van der Waals surface area contributed by atoms with Crippen LogP contribution in [0.25, 0.3) is 22.4 Å². The molecule has 1 heterocycles. The molecule has 2 aliphatic rings. The number of likely N-dealkylation sites (tertiary alicyclic amines) is 1. The maximum absolute atomic E-state index is 13.0. The molecule has 5 rings (SSSR count). The first-order valence-electron chi connectivity index (χ1n) is 13.6. The fourth-order valence-corrected chi connectivity index (χ4v) is 6.44. The topological polar surface area (TPSA) is 107 Å². The number of aliphatic hydroxyl groups is 2. The van der Waals surface area contributed by atoms with Crippen molar-refractivity contribution in [3.8, 4) is 5.75 Å². The number of phenolic OH excluding ortho intramolecular Hbond substituents is 1. The third-order valence-corrected chi connectivity index (χ3v) is 8.38. The molecule has 0 unspecified atom stereocenters. The molecule has 7 heteroatoms. The number of fused-ring (bicyclic) bond motifs is 2. The number of carbonyl (C=O) groups is 2. The van der Waals surface area contributed by atoms with Crippen molar-refractivity contribution in [2.45, 2.75) is 25.4 Å². The Morgan fingerprint density at radius 3 is 2.42 bits per heavy atom. The van der Waals surface area contributed by atoms with Gasteiger partial charge in [0.2, 0.25) is 11.8 Å². The summed E-state index contributed by atoms with van der Waals surface area (Å²) in [6.45, 7) is -0.118. The van der Waals surface area contributed by atoms with Gasteiger partial charge in [0.25, 0.3) is 0 Å². The number of allylic oxidation sites excluding steroid dienone is 1. The number of aliphatic hydroxyl groups excluding tert-OH is 2. The van der Waals surface area contributed by atoms with Crippen molar-refractivity contribution in [1.29, 1.82) is 0 Å². The van der Waals surface area contributed by atoms with Gasteiger partial charge >= 0.3 is 0 Å². The highest BCUT2D eigenvalue weighted by Crippen LogP contribution is 2.46. The van der Waals surface area contributed by atoms with Gasteiger partial charge < -0.3 is 20.1 Å². The van der Waals surface area contributed by atoms with Crippen molar-refractivity contribution in [1.82, 2.24) is 4.90 Å². The average molecular weight is 542 g/mol. The molecule has 40 heavy (non-hydrogen) atoms. The lowest BCUT2D eigenvalue weighted by atomic mass is 9.68. The van der Waals surface area contributed by atoms with E-state index >= 15 is 0 Å². The normalized spacial score (nSPS) is 22.2. The van der Waals surface area contributed by atoms with Gasteiger partial charge in [0.05, 0.1) is 31.2 Å². The van der Waals surface area contributed by atoms with Gasteiger partial charge in [0.15, 0.2) is 0 Å². The van der Waals surface area contributed by atoms with Crippen molar-refractivity contribution in [2.75, 3.05) is 27.4 Å². The minimum absolute atomic E-state index is 0.220. The summed E-state index contributed by atoms with van der Waals surface area (Å²) in [6, 6.07) is 21.2. The molecule has 0 bridgehead atoms. The number of phenols is 1. The lowest BCUT2D eigenvalue weighted by molar-refractivity contribution is -0.138. The number of carbonyl (C=O) groups excluding carboxylic acids is 2. The molecule has 3 aromatic rings. The van der Waals surface area contributed by atoms with Crippen molar-refractivity contribution in [2.24, 2.45) is 17.8 Å². The van der Waals surface area contributed by atoms with E-state index < -0.39 is 23.9 Å². The average Bonchev–Trinajstić information content (AvgIpc) is 3.19. The van der Waals surface area contributed by atoms with E-state index in [2.05, 4.69) is 6.08 Å². The van der Waals surface area contributed by atoms with Gasteiger partial charge in [0, 0.05) is 25.5 Å². The molecular weight excluding hydrogens is 506 g/mol. The van der Waals surface area contributed by atoms with Crippen LogP contribution in [-0.2, 0) is 14.3 Å². The first-order valence-corrected chi connectivity index (χ1v) is 13.6. The number of aromatic hydroxyl groups is 1. The van der Waals surface area contributed by atoms with E-state index in [9.17, 15) is 24.9 Å². The van der Waals surface area contributed by atoms with E-state index in [1.54, 1.807) is 13.2 Å². The Kier molecular flexibility index (Phi) is 8.17. The largest absolute Gasteiger partial charge is 0.507 e. The van der Waals surface area contributed by atoms with Crippen LogP contribution in [0.3, 0.4) is 0 Å². The molecule has 0 aromatic heterocycles. The van der Waals surface area contributed by atoms with Crippen LogP contribution in [0.1, 0.15) is 30.4 Å². The first-order chi connectivity index (χ1) is 19.3. The molecule has 1 aliphatic carbocycles. The van der Waals surface area contributed by atoms with Crippen molar-refractivity contribution in [3.63, 3.8) is 0 Å². The SMILES string of the molecule is COCC1=C([C@H](O)CC/C(=C/c2ccc(O)c3ccccc23)c2ccccc2)[C@H](CO)[C@@H]2C(=O)N(C)C(=O)[C@@H]2C1. The lowest BCUT2D eigenvalue weighted by Crippen LogP contribution is -2.39. The van der Waals surface area contributed by atoms with Crippen LogP contribution >= 0.6 is 0 Å². The number of hydrogen-bond acceptors (Lipinski definition) is 6. The van der Waals surface area contributed by atoms with Crippen molar-refractivity contribution < 1.29 is 29.6 Å². The van der Waals surface area contributed by atoms with E-state index in [4.69, 9.17) is 4.74 Å². The molecule has 1 aliphatic heterocycles. The number of imide groups is 1. The van der Waals surface area contributed by atoms with Crippen LogP contribution in [0.2, 0.25) is 0 Å². The highest BCUT2D eigenvalue weighted by Gasteiger charge is 2.53. The molecule has 2 amide bonds. The molecule has 1 fully saturated rings. The molecule has 0 radical (unpaired) electrons. The van der Waals surface area contributed by atoms with E-state index in [1.165, 1.54) is 7.05 Å². The number of hydrogen-bond donors (Lipinski definition) is 3. The summed E-state index contributed by atoms with van der Waals surface area (Å²) in [5, 5.41) is 34.0. The zero-order valence-electron chi connectivity index (χ0n) is 22.8. The summed E-state index contributed by atoms with van der Waals surface area (Å²) in [7, 11) is 3.04. The number of benzene rings is 3. The Hall–Kier alpha value is -3.78. The summed E-state index contributed by atoms with van der Waals surface area (Å²) in [4.78, 5) is 26.9. The zero-order valence-corrected chi connectivity index (χ0v) is 22.8. The van der Waals surface area contributed by atoms with Gasteiger partial charge in [-0.25, -0.2) is 0 Å². The van der Waals surface area contributed by atoms with E-state index in [-0.39, 0.29) is 30.8 Å². The minimum atomic E-state index is -0.930. The second kappa shape index (κ2) is 11.8. The number of nitrogens with zero attached hydrogens (tertiary/aromatic N) is 1. The van der Waals surface area contributed by atoms with Gasteiger partial charge in [-0.2, -0.15) is 0 Å². The number of rotatable bonds is 9. The minimum Gasteiger partial charge on any atom is -0.507 e. The number of amides is 2. The van der Waals surface area contributed by atoms with Gasteiger partial charge in [-0.1, -0.05) is 66.7 Å². The van der Waals surface area contributed by atoms with E-state index in [1.807, 2.05) is 60.7 Å². The van der Waals surface area contributed by atoms with Crippen LogP contribution in [0.15, 0.2) is 77.9 Å². The van der Waals surface area contributed by atoms with Crippen LogP contribution in [-0.4, -0.2) is 65.5 Å². The lowest BCUT2D eigenvalue weighted by Gasteiger charge is -2.36. The predicted octanol–water partition coefficient (Wildman–Crippen LogP) is 4.41. The van der Waals surface area contributed by atoms with E-state index in [0.717, 1.165) is 37.9 Å². The fraction of sp³-hybridized carbons (Fsp3) is 0.333. The summed E-state index contributed by atoms with van der Waals surface area (Å²) in [5.41, 5.74) is 4.36. The molecular formula is C33H35NO6. The first kappa shape index (κ1) is 27.8. The molecule has 3 aromatic carbocycles. The van der Waals surface area contributed by atoms with E-state index in [0.29, 0.717) is 24.8 Å². The Morgan fingerprint density at radius 1 is 1.02 bits per heavy atom. The van der Waals surface area contributed by atoms with Crippen LogP contribution < -0.4 is 0 Å². The summed E-state index contributed by atoms with van der Waals surface area (Å²) < 4.78 is 5.42. The van der Waals surface area contributed by atoms with Crippen LogP contribution in [0.5, 0.6) is 5.75 Å². The van der Waals surface area contributed by atoms with Crippen molar-refractivity contribution >= 4 is 34.2 Å². The number of methoxy groups -OCH3 is 1.